The second-order valence-electron chi connectivity index (χ2n) is 3.97. The maximum absolute atomic E-state index is 11.0. The van der Waals surface area contributed by atoms with Gasteiger partial charge in [0.25, 0.3) is 0 Å². The number of carbonyl (C=O) groups is 1. The second kappa shape index (κ2) is 6.83. The maximum Gasteiger partial charge on any atom is 0.223 e. The number of hydrogen-bond acceptors (Lipinski definition) is 1. The molecule has 1 atom stereocenters. The van der Waals surface area contributed by atoms with Gasteiger partial charge in [-0.3, -0.25) is 4.79 Å². The van der Waals surface area contributed by atoms with Crippen molar-refractivity contribution in [2.75, 3.05) is 7.05 Å². The van der Waals surface area contributed by atoms with Crippen LogP contribution in [0.15, 0.2) is 42.5 Å². The first-order chi connectivity index (χ1) is 7.72. The summed E-state index contributed by atoms with van der Waals surface area (Å²) in [4.78, 5) is 11.0. The molecular formula is C14H19NO. The van der Waals surface area contributed by atoms with Gasteiger partial charge in [0.05, 0.1) is 0 Å². The van der Waals surface area contributed by atoms with Gasteiger partial charge in [0, 0.05) is 13.5 Å². The minimum Gasteiger partial charge on any atom is -0.359 e. The molecule has 0 saturated carbocycles. The van der Waals surface area contributed by atoms with Crippen LogP contribution in [0.4, 0.5) is 0 Å². The Morgan fingerprint density at radius 1 is 1.38 bits per heavy atom. The van der Waals surface area contributed by atoms with Crippen molar-refractivity contribution in [3.8, 4) is 0 Å². The van der Waals surface area contributed by atoms with Gasteiger partial charge < -0.3 is 5.32 Å². The van der Waals surface area contributed by atoms with Gasteiger partial charge in [0.2, 0.25) is 5.91 Å². The van der Waals surface area contributed by atoms with Gasteiger partial charge in [-0.2, -0.15) is 0 Å². The highest BCUT2D eigenvalue weighted by atomic mass is 16.1. The molecule has 1 amide bonds. The van der Waals surface area contributed by atoms with E-state index in [9.17, 15) is 4.79 Å². The third-order valence-electron chi connectivity index (χ3n) is 2.45. The van der Waals surface area contributed by atoms with Crippen LogP contribution in [0.25, 0.3) is 0 Å². The number of amides is 1. The predicted molar refractivity (Wildman–Crippen MR) is 67.1 cm³/mol. The van der Waals surface area contributed by atoms with E-state index in [4.69, 9.17) is 0 Å². The SMILES string of the molecule is CNC(=O)C/C=C/[C@@H](C)Cc1ccccc1. The molecule has 0 radical (unpaired) electrons. The molecule has 0 bridgehead atoms. The zero-order valence-corrected chi connectivity index (χ0v) is 9.94. The van der Waals surface area contributed by atoms with Crippen molar-refractivity contribution in [3.05, 3.63) is 48.0 Å². The Bertz CT molecular complexity index is 343. The fraction of sp³-hybridized carbons (Fsp3) is 0.357. The van der Waals surface area contributed by atoms with Crippen LogP contribution in [-0.2, 0) is 11.2 Å². The zero-order chi connectivity index (χ0) is 11.8. The van der Waals surface area contributed by atoms with Crippen molar-refractivity contribution >= 4 is 5.91 Å². The Kier molecular flexibility index (Phi) is 5.34. The van der Waals surface area contributed by atoms with E-state index in [0.717, 1.165) is 6.42 Å². The van der Waals surface area contributed by atoms with Gasteiger partial charge in [-0.1, -0.05) is 49.4 Å². The molecule has 0 saturated heterocycles. The normalized spacial score (nSPS) is 12.6. The fourth-order valence-electron chi connectivity index (χ4n) is 1.56. The first-order valence-electron chi connectivity index (χ1n) is 5.63. The summed E-state index contributed by atoms with van der Waals surface area (Å²) >= 11 is 0. The molecule has 1 rings (SSSR count). The molecule has 1 aromatic carbocycles. The van der Waals surface area contributed by atoms with Crippen LogP contribution in [-0.4, -0.2) is 13.0 Å². The minimum atomic E-state index is 0.0585. The van der Waals surface area contributed by atoms with Gasteiger partial charge in [0.1, 0.15) is 0 Å². The second-order valence-corrected chi connectivity index (χ2v) is 3.97. The van der Waals surface area contributed by atoms with Gasteiger partial charge >= 0.3 is 0 Å². The summed E-state index contributed by atoms with van der Waals surface area (Å²) in [6, 6.07) is 10.4. The van der Waals surface area contributed by atoms with Crippen molar-refractivity contribution in [3.63, 3.8) is 0 Å². The molecule has 1 aromatic rings. The lowest BCUT2D eigenvalue weighted by atomic mass is 10.0. The van der Waals surface area contributed by atoms with Crippen LogP contribution >= 0.6 is 0 Å². The lowest BCUT2D eigenvalue weighted by molar-refractivity contribution is -0.119. The molecular weight excluding hydrogens is 198 g/mol. The van der Waals surface area contributed by atoms with Crippen LogP contribution < -0.4 is 5.32 Å². The van der Waals surface area contributed by atoms with E-state index in [0.29, 0.717) is 12.3 Å². The molecule has 0 aliphatic rings. The minimum absolute atomic E-state index is 0.0585. The standard InChI is InChI=1S/C14H19NO/c1-12(7-6-10-14(16)15-2)11-13-8-4-3-5-9-13/h3-9,12H,10-11H2,1-2H3,(H,15,16)/b7-6+/t12-/m1/s1. The molecule has 0 aliphatic heterocycles. The Morgan fingerprint density at radius 3 is 2.69 bits per heavy atom. The number of nitrogens with one attached hydrogen (secondary N) is 1. The van der Waals surface area contributed by atoms with Crippen molar-refractivity contribution in [1.82, 2.24) is 5.32 Å². The Hall–Kier alpha value is -1.57. The number of carbonyl (C=O) groups excluding carboxylic acids is 1. The smallest absolute Gasteiger partial charge is 0.223 e. The van der Waals surface area contributed by atoms with Gasteiger partial charge in [0.15, 0.2) is 0 Å². The molecule has 0 fully saturated rings. The Balaban J connectivity index is 2.36. The first-order valence-corrected chi connectivity index (χ1v) is 5.63. The van der Waals surface area contributed by atoms with E-state index < -0.39 is 0 Å². The highest BCUT2D eigenvalue weighted by Gasteiger charge is 1.99. The summed E-state index contributed by atoms with van der Waals surface area (Å²) in [5.41, 5.74) is 1.33. The van der Waals surface area contributed by atoms with Crippen LogP contribution in [0.1, 0.15) is 18.9 Å². The Morgan fingerprint density at radius 2 is 2.06 bits per heavy atom. The van der Waals surface area contributed by atoms with Crippen molar-refractivity contribution in [2.24, 2.45) is 5.92 Å². The molecule has 0 unspecified atom stereocenters. The summed E-state index contributed by atoms with van der Waals surface area (Å²) in [5.74, 6) is 0.523. The van der Waals surface area contributed by atoms with Crippen LogP contribution in [0, 0.1) is 5.92 Å². The lowest BCUT2D eigenvalue weighted by Gasteiger charge is -2.05. The number of allylic oxidation sites excluding steroid dienone is 1. The largest absolute Gasteiger partial charge is 0.359 e. The fourth-order valence-corrected chi connectivity index (χ4v) is 1.56. The molecule has 16 heavy (non-hydrogen) atoms. The van der Waals surface area contributed by atoms with Gasteiger partial charge in [-0.15, -0.1) is 0 Å². The average Bonchev–Trinajstić information content (AvgIpc) is 2.30. The molecule has 86 valence electrons. The van der Waals surface area contributed by atoms with E-state index in [2.05, 4.69) is 42.6 Å². The first kappa shape index (κ1) is 12.5. The lowest BCUT2D eigenvalue weighted by Crippen LogP contribution is -2.16. The van der Waals surface area contributed by atoms with Crippen molar-refractivity contribution < 1.29 is 4.79 Å². The number of benzene rings is 1. The quantitative estimate of drug-likeness (QED) is 0.755. The van der Waals surface area contributed by atoms with Crippen LogP contribution in [0.2, 0.25) is 0 Å². The predicted octanol–water partition coefficient (Wildman–Crippen LogP) is 2.56. The number of hydrogen-bond donors (Lipinski definition) is 1. The molecule has 2 nitrogen and oxygen atoms in total. The zero-order valence-electron chi connectivity index (χ0n) is 9.94. The summed E-state index contributed by atoms with van der Waals surface area (Å²) in [6.45, 7) is 2.16. The molecule has 2 heteroatoms. The van der Waals surface area contributed by atoms with Crippen molar-refractivity contribution in [2.45, 2.75) is 19.8 Å². The maximum atomic E-state index is 11.0. The van der Waals surface area contributed by atoms with Crippen LogP contribution in [0.5, 0.6) is 0 Å². The summed E-state index contributed by atoms with van der Waals surface area (Å²) in [7, 11) is 1.66. The third kappa shape index (κ3) is 4.78. The molecule has 0 aromatic heterocycles. The molecule has 1 N–H and O–H groups in total. The van der Waals surface area contributed by atoms with Gasteiger partial charge in [-0.05, 0) is 17.9 Å². The summed E-state index contributed by atoms with van der Waals surface area (Å²) < 4.78 is 0. The van der Waals surface area contributed by atoms with E-state index in [1.165, 1.54) is 5.56 Å². The van der Waals surface area contributed by atoms with Gasteiger partial charge in [-0.25, -0.2) is 0 Å². The molecule has 0 aliphatic carbocycles. The molecule has 0 spiro atoms. The van der Waals surface area contributed by atoms with E-state index in [1.54, 1.807) is 7.05 Å². The third-order valence-corrected chi connectivity index (χ3v) is 2.45. The monoisotopic (exact) mass is 217 g/mol. The van der Waals surface area contributed by atoms with Crippen molar-refractivity contribution in [1.29, 1.82) is 0 Å². The highest BCUT2D eigenvalue weighted by molar-refractivity contribution is 5.76. The number of rotatable bonds is 5. The summed E-state index contributed by atoms with van der Waals surface area (Å²) in [6.07, 6.45) is 5.52. The Labute approximate surface area is 97.4 Å². The summed E-state index contributed by atoms with van der Waals surface area (Å²) in [5, 5.41) is 2.60. The topological polar surface area (TPSA) is 29.1 Å². The van der Waals surface area contributed by atoms with Crippen LogP contribution in [0.3, 0.4) is 0 Å². The van der Waals surface area contributed by atoms with E-state index in [1.807, 2.05) is 12.1 Å². The average molecular weight is 217 g/mol. The molecule has 0 heterocycles. The highest BCUT2D eigenvalue weighted by Crippen LogP contribution is 2.09. The van der Waals surface area contributed by atoms with E-state index in [-0.39, 0.29) is 5.91 Å². The van der Waals surface area contributed by atoms with E-state index >= 15 is 0 Å².